The third-order valence-corrected chi connectivity index (χ3v) is 3.40. The zero-order valence-electron chi connectivity index (χ0n) is 11.5. The van der Waals surface area contributed by atoms with Crippen molar-refractivity contribution in [2.45, 2.75) is 26.2 Å². The van der Waals surface area contributed by atoms with Crippen LogP contribution in [0.4, 0.5) is 0 Å². The van der Waals surface area contributed by atoms with Gasteiger partial charge in [-0.1, -0.05) is 54.1 Å². The standard InChI is InChI=1S/C17H22N2/c1-14-2-4-15(5-3-14)6-7-16-8-10-17(11-9-16)12-13-19-18/h2-5,8-11,19H,6-7,12-13,18H2,1H3. The lowest BCUT2D eigenvalue weighted by Gasteiger charge is -2.05. The molecule has 0 atom stereocenters. The van der Waals surface area contributed by atoms with E-state index in [-0.39, 0.29) is 0 Å². The van der Waals surface area contributed by atoms with Crippen LogP contribution in [0.3, 0.4) is 0 Å². The minimum atomic E-state index is 0.822. The van der Waals surface area contributed by atoms with Gasteiger partial charge in [-0.25, -0.2) is 0 Å². The molecule has 0 unspecified atom stereocenters. The summed E-state index contributed by atoms with van der Waals surface area (Å²) >= 11 is 0. The van der Waals surface area contributed by atoms with Crippen LogP contribution >= 0.6 is 0 Å². The molecule has 3 N–H and O–H groups in total. The number of rotatable bonds is 6. The van der Waals surface area contributed by atoms with Gasteiger partial charge in [0, 0.05) is 6.54 Å². The second kappa shape index (κ2) is 7.07. The molecule has 0 saturated carbocycles. The van der Waals surface area contributed by atoms with Crippen molar-refractivity contribution in [1.82, 2.24) is 5.43 Å². The molecule has 2 rings (SSSR count). The fourth-order valence-electron chi connectivity index (χ4n) is 2.13. The van der Waals surface area contributed by atoms with E-state index in [1.807, 2.05) is 0 Å². The first kappa shape index (κ1) is 13.8. The highest BCUT2D eigenvalue weighted by atomic mass is 15.2. The van der Waals surface area contributed by atoms with Crippen molar-refractivity contribution in [1.29, 1.82) is 0 Å². The Balaban J connectivity index is 1.87. The van der Waals surface area contributed by atoms with Crippen LogP contribution in [0.25, 0.3) is 0 Å². The van der Waals surface area contributed by atoms with Crippen molar-refractivity contribution >= 4 is 0 Å². The summed E-state index contributed by atoms with van der Waals surface area (Å²) in [5.74, 6) is 5.28. The SMILES string of the molecule is Cc1ccc(CCc2ccc(CCNN)cc2)cc1. The van der Waals surface area contributed by atoms with Gasteiger partial charge in [0.05, 0.1) is 0 Å². The quantitative estimate of drug-likeness (QED) is 0.614. The Labute approximate surface area is 115 Å². The number of nitrogens with two attached hydrogens (primary N) is 1. The summed E-state index contributed by atoms with van der Waals surface area (Å²) in [6.07, 6.45) is 3.18. The number of aryl methyl sites for hydroxylation is 3. The predicted molar refractivity (Wildman–Crippen MR) is 80.9 cm³/mol. The summed E-state index contributed by atoms with van der Waals surface area (Å²) in [7, 11) is 0. The molecule has 0 radical (unpaired) electrons. The number of hydrazine groups is 1. The molecule has 0 aliphatic rings. The molecule has 0 spiro atoms. The van der Waals surface area contributed by atoms with Gasteiger partial charge < -0.3 is 0 Å². The average molecular weight is 254 g/mol. The molecule has 0 heterocycles. The zero-order chi connectivity index (χ0) is 13.5. The van der Waals surface area contributed by atoms with Crippen molar-refractivity contribution in [3.63, 3.8) is 0 Å². The smallest absolute Gasteiger partial charge is 0.0138 e. The zero-order valence-corrected chi connectivity index (χ0v) is 11.5. The van der Waals surface area contributed by atoms with Gasteiger partial charge in [-0.3, -0.25) is 11.3 Å². The molecule has 0 amide bonds. The van der Waals surface area contributed by atoms with Crippen molar-refractivity contribution in [3.8, 4) is 0 Å². The van der Waals surface area contributed by atoms with Crippen LogP contribution in [0.5, 0.6) is 0 Å². The summed E-state index contributed by atoms with van der Waals surface area (Å²) in [6.45, 7) is 2.95. The lowest BCUT2D eigenvalue weighted by Crippen LogP contribution is -2.24. The number of hydrogen-bond acceptors (Lipinski definition) is 2. The number of benzene rings is 2. The van der Waals surface area contributed by atoms with Gasteiger partial charge in [-0.05, 0) is 42.9 Å². The van der Waals surface area contributed by atoms with E-state index in [1.165, 1.54) is 22.3 Å². The monoisotopic (exact) mass is 254 g/mol. The Kier molecular flexibility index (Phi) is 5.13. The fraction of sp³-hybridized carbons (Fsp3) is 0.294. The second-order valence-electron chi connectivity index (χ2n) is 5.01. The maximum absolute atomic E-state index is 5.28. The topological polar surface area (TPSA) is 38.0 Å². The van der Waals surface area contributed by atoms with Gasteiger partial charge in [-0.15, -0.1) is 0 Å². The third kappa shape index (κ3) is 4.51. The molecule has 0 saturated heterocycles. The number of hydrogen-bond donors (Lipinski definition) is 2. The molecule has 0 aliphatic carbocycles. The summed E-state index contributed by atoms with van der Waals surface area (Å²) in [5, 5.41) is 0. The van der Waals surface area contributed by atoms with Gasteiger partial charge >= 0.3 is 0 Å². The van der Waals surface area contributed by atoms with Gasteiger partial charge in [-0.2, -0.15) is 0 Å². The summed E-state index contributed by atoms with van der Waals surface area (Å²) in [6, 6.07) is 17.6. The fourth-order valence-corrected chi connectivity index (χ4v) is 2.13. The Morgan fingerprint density at radius 1 is 0.737 bits per heavy atom. The van der Waals surface area contributed by atoms with Crippen molar-refractivity contribution in [2.75, 3.05) is 6.54 Å². The van der Waals surface area contributed by atoms with Crippen molar-refractivity contribution < 1.29 is 0 Å². The van der Waals surface area contributed by atoms with Crippen molar-refractivity contribution in [3.05, 3.63) is 70.8 Å². The molecule has 19 heavy (non-hydrogen) atoms. The summed E-state index contributed by atoms with van der Waals surface area (Å²) in [4.78, 5) is 0. The third-order valence-electron chi connectivity index (χ3n) is 3.40. The molecule has 0 aliphatic heterocycles. The molecular weight excluding hydrogens is 232 g/mol. The molecule has 2 aromatic carbocycles. The molecule has 0 aromatic heterocycles. The van der Waals surface area contributed by atoms with E-state index in [2.05, 4.69) is 60.9 Å². The Morgan fingerprint density at radius 2 is 1.16 bits per heavy atom. The van der Waals surface area contributed by atoms with Gasteiger partial charge in [0.1, 0.15) is 0 Å². The molecule has 100 valence electrons. The highest BCUT2D eigenvalue weighted by Crippen LogP contribution is 2.10. The summed E-state index contributed by atoms with van der Waals surface area (Å²) < 4.78 is 0. The molecule has 0 fully saturated rings. The maximum atomic E-state index is 5.28. The Hall–Kier alpha value is -1.64. The molecule has 2 aromatic rings. The molecule has 2 heteroatoms. The minimum Gasteiger partial charge on any atom is -0.271 e. The van der Waals surface area contributed by atoms with E-state index in [4.69, 9.17) is 5.84 Å². The van der Waals surface area contributed by atoms with E-state index >= 15 is 0 Å². The first-order chi connectivity index (χ1) is 9.28. The summed E-state index contributed by atoms with van der Waals surface area (Å²) in [5.41, 5.74) is 8.13. The molecule has 0 bridgehead atoms. The minimum absolute atomic E-state index is 0.822. The van der Waals surface area contributed by atoms with E-state index in [0.717, 1.165) is 25.8 Å². The molecule has 2 nitrogen and oxygen atoms in total. The first-order valence-electron chi connectivity index (χ1n) is 6.85. The first-order valence-corrected chi connectivity index (χ1v) is 6.85. The van der Waals surface area contributed by atoms with E-state index in [9.17, 15) is 0 Å². The average Bonchev–Trinajstić information content (AvgIpc) is 2.46. The lowest BCUT2D eigenvalue weighted by atomic mass is 10.0. The van der Waals surface area contributed by atoms with Gasteiger partial charge in [0.25, 0.3) is 0 Å². The van der Waals surface area contributed by atoms with E-state index < -0.39 is 0 Å². The van der Waals surface area contributed by atoms with E-state index in [0.29, 0.717) is 0 Å². The molecular formula is C17H22N2. The van der Waals surface area contributed by atoms with E-state index in [1.54, 1.807) is 0 Å². The van der Waals surface area contributed by atoms with Crippen LogP contribution in [-0.2, 0) is 19.3 Å². The highest BCUT2D eigenvalue weighted by Gasteiger charge is 1.97. The van der Waals surface area contributed by atoms with Crippen LogP contribution < -0.4 is 11.3 Å². The highest BCUT2D eigenvalue weighted by molar-refractivity contribution is 5.26. The Morgan fingerprint density at radius 3 is 1.63 bits per heavy atom. The van der Waals surface area contributed by atoms with Gasteiger partial charge in [0.2, 0.25) is 0 Å². The van der Waals surface area contributed by atoms with Crippen LogP contribution in [-0.4, -0.2) is 6.54 Å². The predicted octanol–water partition coefficient (Wildman–Crippen LogP) is 2.79. The lowest BCUT2D eigenvalue weighted by molar-refractivity contribution is 0.728. The second-order valence-corrected chi connectivity index (χ2v) is 5.01. The van der Waals surface area contributed by atoms with Crippen LogP contribution in [0.2, 0.25) is 0 Å². The van der Waals surface area contributed by atoms with Gasteiger partial charge in [0.15, 0.2) is 0 Å². The maximum Gasteiger partial charge on any atom is 0.0138 e. The number of nitrogens with one attached hydrogen (secondary N) is 1. The van der Waals surface area contributed by atoms with Crippen LogP contribution in [0, 0.1) is 6.92 Å². The normalized spacial score (nSPS) is 10.6. The largest absolute Gasteiger partial charge is 0.271 e. The van der Waals surface area contributed by atoms with Crippen LogP contribution in [0.15, 0.2) is 48.5 Å². The Bertz CT molecular complexity index is 486. The van der Waals surface area contributed by atoms with Crippen LogP contribution in [0.1, 0.15) is 22.3 Å². The van der Waals surface area contributed by atoms with Crippen molar-refractivity contribution in [2.24, 2.45) is 5.84 Å².